The molecule has 0 aliphatic carbocycles. The molecule has 0 aliphatic heterocycles. The van der Waals surface area contributed by atoms with Gasteiger partial charge in [0, 0.05) is 18.8 Å². The van der Waals surface area contributed by atoms with Gasteiger partial charge in [-0.05, 0) is 25.2 Å². The molecule has 3 rings (SSSR count). The van der Waals surface area contributed by atoms with Crippen LogP contribution in [0.1, 0.15) is 16.9 Å². The highest BCUT2D eigenvalue weighted by Gasteiger charge is 2.15. The summed E-state index contributed by atoms with van der Waals surface area (Å²) < 4.78 is 1.22. The van der Waals surface area contributed by atoms with Crippen molar-refractivity contribution in [3.05, 3.63) is 53.6 Å². The Hall–Kier alpha value is -1.85. The van der Waals surface area contributed by atoms with Gasteiger partial charge in [0.05, 0.1) is 21.3 Å². The second-order valence-corrected chi connectivity index (χ2v) is 5.34. The molecule has 1 atom stereocenters. The Morgan fingerprint density at radius 2 is 1.95 bits per heavy atom. The van der Waals surface area contributed by atoms with E-state index in [2.05, 4.69) is 26.3 Å². The van der Waals surface area contributed by atoms with Gasteiger partial charge in [-0.1, -0.05) is 12.1 Å². The quantitative estimate of drug-likeness (QED) is 0.791. The van der Waals surface area contributed by atoms with Crippen LogP contribution in [0.15, 0.2) is 42.7 Å². The van der Waals surface area contributed by atoms with Gasteiger partial charge in [0.15, 0.2) is 0 Å². The van der Waals surface area contributed by atoms with Gasteiger partial charge in [-0.15, -0.1) is 11.3 Å². The van der Waals surface area contributed by atoms with Crippen LogP contribution < -0.4 is 5.32 Å². The average molecular weight is 270 g/mol. The molecule has 1 aromatic carbocycles. The van der Waals surface area contributed by atoms with Gasteiger partial charge < -0.3 is 5.32 Å². The first-order chi connectivity index (χ1) is 9.36. The van der Waals surface area contributed by atoms with Crippen LogP contribution in [-0.4, -0.2) is 22.0 Å². The van der Waals surface area contributed by atoms with E-state index in [-0.39, 0.29) is 6.04 Å². The number of hydrogen-bond acceptors (Lipinski definition) is 5. The number of rotatable bonds is 4. The standard InChI is InChI=1S/C14H14N4S/c1-15-11(14-16-7-4-8-17-14)9-13-18-10-5-2-3-6-12(10)19-13/h2-8,11,15H,9H2,1H3. The number of thiazole rings is 1. The lowest BCUT2D eigenvalue weighted by molar-refractivity contribution is 0.556. The Morgan fingerprint density at radius 3 is 2.68 bits per heavy atom. The van der Waals surface area contributed by atoms with Gasteiger partial charge in [0.25, 0.3) is 0 Å². The summed E-state index contributed by atoms with van der Waals surface area (Å²) in [6.45, 7) is 0. The largest absolute Gasteiger partial charge is 0.310 e. The lowest BCUT2D eigenvalue weighted by Gasteiger charge is -2.12. The fourth-order valence-corrected chi connectivity index (χ4v) is 3.01. The maximum Gasteiger partial charge on any atom is 0.145 e. The molecule has 0 saturated heterocycles. The Labute approximate surface area is 115 Å². The van der Waals surface area contributed by atoms with E-state index in [9.17, 15) is 0 Å². The molecule has 0 aliphatic rings. The van der Waals surface area contributed by atoms with Crippen LogP contribution in [0.5, 0.6) is 0 Å². The zero-order chi connectivity index (χ0) is 13.1. The highest BCUT2D eigenvalue weighted by Crippen LogP contribution is 2.24. The average Bonchev–Trinajstić information content (AvgIpc) is 2.88. The van der Waals surface area contributed by atoms with Crippen molar-refractivity contribution in [2.75, 3.05) is 7.05 Å². The summed E-state index contributed by atoms with van der Waals surface area (Å²) in [6, 6.07) is 10.1. The summed E-state index contributed by atoms with van der Waals surface area (Å²) in [5, 5.41) is 4.36. The third-order valence-electron chi connectivity index (χ3n) is 2.96. The summed E-state index contributed by atoms with van der Waals surface area (Å²) in [5.41, 5.74) is 1.06. The van der Waals surface area contributed by atoms with E-state index in [4.69, 9.17) is 0 Å². The van der Waals surface area contributed by atoms with Crippen molar-refractivity contribution >= 4 is 21.6 Å². The van der Waals surface area contributed by atoms with Crippen molar-refractivity contribution in [2.24, 2.45) is 0 Å². The maximum absolute atomic E-state index is 4.65. The van der Waals surface area contributed by atoms with Gasteiger partial charge >= 0.3 is 0 Å². The summed E-state index contributed by atoms with van der Waals surface area (Å²) in [6.07, 6.45) is 4.34. The highest BCUT2D eigenvalue weighted by molar-refractivity contribution is 7.18. The minimum atomic E-state index is 0.0989. The van der Waals surface area contributed by atoms with Crippen molar-refractivity contribution in [2.45, 2.75) is 12.5 Å². The van der Waals surface area contributed by atoms with E-state index < -0.39 is 0 Å². The van der Waals surface area contributed by atoms with Crippen LogP contribution in [0.2, 0.25) is 0 Å². The Balaban J connectivity index is 1.86. The van der Waals surface area contributed by atoms with Gasteiger partial charge in [0.1, 0.15) is 5.82 Å². The molecule has 19 heavy (non-hydrogen) atoms. The third kappa shape index (κ3) is 2.62. The van der Waals surface area contributed by atoms with Crippen molar-refractivity contribution in [3.8, 4) is 0 Å². The number of nitrogens with zero attached hydrogens (tertiary/aromatic N) is 3. The summed E-state index contributed by atoms with van der Waals surface area (Å²) in [7, 11) is 1.92. The molecule has 0 spiro atoms. The first-order valence-corrected chi connectivity index (χ1v) is 6.97. The molecule has 0 saturated carbocycles. The molecule has 0 radical (unpaired) electrons. The second-order valence-electron chi connectivity index (χ2n) is 4.23. The maximum atomic E-state index is 4.65. The zero-order valence-corrected chi connectivity index (χ0v) is 11.4. The van der Waals surface area contributed by atoms with Crippen molar-refractivity contribution < 1.29 is 0 Å². The van der Waals surface area contributed by atoms with Crippen LogP contribution >= 0.6 is 11.3 Å². The summed E-state index contributed by atoms with van der Waals surface area (Å²) in [4.78, 5) is 13.3. The van der Waals surface area contributed by atoms with Gasteiger partial charge in [-0.25, -0.2) is 15.0 Å². The number of para-hydroxylation sites is 1. The van der Waals surface area contributed by atoms with E-state index in [0.717, 1.165) is 22.8 Å². The van der Waals surface area contributed by atoms with Crippen LogP contribution in [0.25, 0.3) is 10.2 Å². The number of nitrogens with one attached hydrogen (secondary N) is 1. The number of hydrogen-bond donors (Lipinski definition) is 1. The van der Waals surface area contributed by atoms with Crippen molar-refractivity contribution in [1.82, 2.24) is 20.3 Å². The molecule has 96 valence electrons. The fraction of sp³-hybridized carbons (Fsp3) is 0.214. The van der Waals surface area contributed by atoms with E-state index in [0.29, 0.717) is 0 Å². The van der Waals surface area contributed by atoms with E-state index in [1.165, 1.54) is 4.70 Å². The zero-order valence-electron chi connectivity index (χ0n) is 10.6. The van der Waals surface area contributed by atoms with Crippen LogP contribution in [0.3, 0.4) is 0 Å². The molecular weight excluding hydrogens is 256 g/mol. The third-order valence-corrected chi connectivity index (χ3v) is 4.02. The molecule has 5 heteroatoms. The molecule has 1 unspecified atom stereocenters. The minimum absolute atomic E-state index is 0.0989. The topological polar surface area (TPSA) is 50.7 Å². The molecule has 0 amide bonds. The Bertz CT molecular complexity index is 632. The van der Waals surface area contributed by atoms with Crippen LogP contribution in [0, 0.1) is 0 Å². The fourth-order valence-electron chi connectivity index (χ4n) is 1.99. The number of benzene rings is 1. The molecule has 4 nitrogen and oxygen atoms in total. The van der Waals surface area contributed by atoms with E-state index in [1.54, 1.807) is 23.7 Å². The van der Waals surface area contributed by atoms with E-state index in [1.807, 2.05) is 31.3 Å². The Kier molecular flexibility index (Phi) is 3.48. The molecule has 1 N–H and O–H groups in total. The lowest BCUT2D eigenvalue weighted by Crippen LogP contribution is -2.21. The first kappa shape index (κ1) is 12.2. The lowest BCUT2D eigenvalue weighted by atomic mass is 10.2. The summed E-state index contributed by atoms with van der Waals surface area (Å²) >= 11 is 1.73. The van der Waals surface area contributed by atoms with Crippen LogP contribution in [-0.2, 0) is 6.42 Å². The van der Waals surface area contributed by atoms with Crippen LogP contribution in [0.4, 0.5) is 0 Å². The molecule has 2 aromatic heterocycles. The number of aromatic nitrogens is 3. The predicted molar refractivity (Wildman–Crippen MR) is 77.2 cm³/mol. The van der Waals surface area contributed by atoms with Gasteiger partial charge in [0.2, 0.25) is 0 Å². The SMILES string of the molecule is CNC(Cc1nc2ccccc2s1)c1ncccn1. The normalized spacial score (nSPS) is 12.7. The summed E-state index contributed by atoms with van der Waals surface area (Å²) in [5.74, 6) is 0.809. The van der Waals surface area contributed by atoms with Gasteiger partial charge in [-0.2, -0.15) is 0 Å². The molecule has 0 fully saturated rings. The molecule has 3 aromatic rings. The smallest absolute Gasteiger partial charge is 0.145 e. The number of fused-ring (bicyclic) bond motifs is 1. The molecular formula is C14H14N4S. The second kappa shape index (κ2) is 5.42. The van der Waals surface area contributed by atoms with Crippen molar-refractivity contribution in [1.29, 1.82) is 0 Å². The molecule has 0 bridgehead atoms. The minimum Gasteiger partial charge on any atom is -0.310 e. The van der Waals surface area contributed by atoms with Crippen molar-refractivity contribution in [3.63, 3.8) is 0 Å². The Morgan fingerprint density at radius 1 is 1.16 bits per heavy atom. The monoisotopic (exact) mass is 270 g/mol. The predicted octanol–water partition coefficient (Wildman–Crippen LogP) is 2.59. The molecule has 2 heterocycles. The number of likely N-dealkylation sites (N-methyl/N-ethyl adjacent to an activating group) is 1. The first-order valence-electron chi connectivity index (χ1n) is 6.15. The highest BCUT2D eigenvalue weighted by atomic mass is 32.1. The van der Waals surface area contributed by atoms with Gasteiger partial charge in [-0.3, -0.25) is 0 Å². The van der Waals surface area contributed by atoms with E-state index >= 15 is 0 Å².